The summed E-state index contributed by atoms with van der Waals surface area (Å²) in [6.07, 6.45) is 2.50. The number of amides is 1. The number of benzene rings is 1. The highest BCUT2D eigenvalue weighted by Gasteiger charge is 2.49. The third-order valence-corrected chi connectivity index (χ3v) is 6.42. The second kappa shape index (κ2) is 8.81. The third kappa shape index (κ3) is 5.22. The molecule has 0 aromatic heterocycles. The number of likely N-dealkylation sites (tertiary alicyclic amines) is 1. The monoisotopic (exact) mass is 449 g/mol. The zero-order valence-corrected chi connectivity index (χ0v) is 19.4. The van der Waals surface area contributed by atoms with Gasteiger partial charge in [0.25, 0.3) is 0 Å². The maximum Gasteiger partial charge on any atom is 0.305 e. The van der Waals surface area contributed by atoms with Crippen LogP contribution in [0.4, 0.5) is 0 Å². The van der Waals surface area contributed by atoms with Crippen molar-refractivity contribution >= 4 is 23.5 Å². The number of aliphatic hydroxyl groups excluding tert-OH is 1. The summed E-state index contributed by atoms with van der Waals surface area (Å²) in [7, 11) is 0. The number of carbonyl (C=O) groups excluding carboxylic acids is 1. The normalized spacial score (nSPS) is 23.5. The van der Waals surface area contributed by atoms with Crippen LogP contribution in [0.25, 0.3) is 0 Å². The first-order valence-electron chi connectivity index (χ1n) is 10.6. The van der Waals surface area contributed by atoms with E-state index in [4.69, 9.17) is 16.7 Å². The molecule has 1 aromatic rings. The van der Waals surface area contributed by atoms with Gasteiger partial charge >= 0.3 is 5.97 Å². The maximum absolute atomic E-state index is 12.1. The van der Waals surface area contributed by atoms with Gasteiger partial charge < -0.3 is 20.0 Å². The Morgan fingerprint density at radius 3 is 2.61 bits per heavy atom. The molecule has 3 N–H and O–H groups in total. The van der Waals surface area contributed by atoms with Gasteiger partial charge in [-0.2, -0.15) is 0 Å². The predicted molar refractivity (Wildman–Crippen MR) is 119 cm³/mol. The Kier molecular flexibility index (Phi) is 6.69. The predicted octanol–water partition coefficient (Wildman–Crippen LogP) is 2.92. The number of fused-ring (bicyclic) bond motifs is 1. The maximum atomic E-state index is 12.1. The molecule has 7 nitrogen and oxygen atoms in total. The SMILES string of the molecule is CC(=O)N1CC2=CN(CCC(=O)O)C(O)NC2(c2ccc(CCC(C)(C)C)c(Cl)c2)C1. The third-order valence-electron chi connectivity index (χ3n) is 6.07. The van der Waals surface area contributed by atoms with Gasteiger partial charge in [-0.15, -0.1) is 0 Å². The Morgan fingerprint density at radius 2 is 2.03 bits per heavy atom. The molecule has 2 heterocycles. The molecule has 1 aromatic carbocycles. The Labute approximate surface area is 188 Å². The molecule has 0 aliphatic carbocycles. The lowest BCUT2D eigenvalue weighted by molar-refractivity contribution is -0.138. The van der Waals surface area contributed by atoms with Crippen LogP contribution in [0.2, 0.25) is 5.02 Å². The molecule has 2 atom stereocenters. The highest BCUT2D eigenvalue weighted by molar-refractivity contribution is 6.31. The Bertz CT molecular complexity index is 895. The fourth-order valence-electron chi connectivity index (χ4n) is 4.17. The van der Waals surface area contributed by atoms with E-state index in [2.05, 4.69) is 26.1 Å². The van der Waals surface area contributed by atoms with E-state index >= 15 is 0 Å². The Hall–Kier alpha value is -2.09. The standard InChI is InChI=1S/C23H32ClN3O4/c1-15(28)27-13-18-12-26(10-8-20(29)30)21(31)25-23(18,14-27)17-6-5-16(19(24)11-17)7-9-22(2,3)4/h5-6,11-12,21,25,31H,7-10,13-14H2,1-4H3,(H,29,30). The molecular formula is C23H32ClN3O4. The summed E-state index contributed by atoms with van der Waals surface area (Å²) in [6, 6.07) is 5.95. The number of aliphatic hydroxyl groups is 1. The van der Waals surface area contributed by atoms with Crippen LogP contribution in [-0.4, -0.2) is 57.9 Å². The number of nitrogens with one attached hydrogen (secondary N) is 1. The summed E-state index contributed by atoms with van der Waals surface area (Å²) in [6.45, 7) is 9.05. The van der Waals surface area contributed by atoms with Crippen LogP contribution in [0, 0.1) is 5.41 Å². The molecule has 8 heteroatoms. The number of carbonyl (C=O) groups is 2. The van der Waals surface area contributed by atoms with Gasteiger partial charge in [0, 0.05) is 37.8 Å². The molecule has 1 fully saturated rings. The smallest absolute Gasteiger partial charge is 0.305 e. The van der Waals surface area contributed by atoms with E-state index in [0.717, 1.165) is 29.5 Å². The van der Waals surface area contributed by atoms with Crippen molar-refractivity contribution in [1.82, 2.24) is 15.1 Å². The molecule has 0 bridgehead atoms. The van der Waals surface area contributed by atoms with Crippen molar-refractivity contribution in [2.45, 2.75) is 58.8 Å². The summed E-state index contributed by atoms with van der Waals surface area (Å²) < 4.78 is 0. The number of hydrogen-bond acceptors (Lipinski definition) is 5. The van der Waals surface area contributed by atoms with E-state index in [-0.39, 0.29) is 24.3 Å². The lowest BCUT2D eigenvalue weighted by Gasteiger charge is -2.43. The van der Waals surface area contributed by atoms with Crippen LogP contribution in [0.3, 0.4) is 0 Å². The minimum atomic E-state index is -1.07. The summed E-state index contributed by atoms with van der Waals surface area (Å²) >= 11 is 6.65. The highest BCUT2D eigenvalue weighted by Crippen LogP contribution is 2.41. The number of nitrogens with zero attached hydrogens (tertiary/aromatic N) is 2. The molecule has 0 spiro atoms. The molecule has 3 rings (SSSR count). The van der Waals surface area contributed by atoms with Crippen LogP contribution in [0.15, 0.2) is 30.0 Å². The number of carboxylic acid groups (broad SMARTS) is 1. The number of carboxylic acids is 1. The first-order chi connectivity index (χ1) is 14.4. The van der Waals surface area contributed by atoms with Crippen molar-refractivity contribution in [3.63, 3.8) is 0 Å². The molecule has 2 aliphatic heterocycles. The molecule has 0 saturated carbocycles. The average Bonchev–Trinajstić information content (AvgIpc) is 3.04. The van der Waals surface area contributed by atoms with E-state index in [0.29, 0.717) is 18.1 Å². The van der Waals surface area contributed by atoms with E-state index in [1.807, 2.05) is 18.2 Å². The van der Waals surface area contributed by atoms with Crippen molar-refractivity contribution in [1.29, 1.82) is 0 Å². The summed E-state index contributed by atoms with van der Waals surface area (Å²) in [5.74, 6) is -0.993. The van der Waals surface area contributed by atoms with Crippen LogP contribution in [0.1, 0.15) is 51.7 Å². The summed E-state index contributed by atoms with van der Waals surface area (Å²) in [4.78, 5) is 26.4. The van der Waals surface area contributed by atoms with E-state index in [1.54, 1.807) is 16.0 Å². The fraction of sp³-hybridized carbons (Fsp3) is 0.565. The van der Waals surface area contributed by atoms with Crippen molar-refractivity contribution in [2.24, 2.45) is 5.41 Å². The van der Waals surface area contributed by atoms with E-state index in [1.165, 1.54) is 6.92 Å². The second-order valence-corrected chi connectivity index (χ2v) is 10.1. The fourth-order valence-corrected chi connectivity index (χ4v) is 4.44. The van der Waals surface area contributed by atoms with Gasteiger partial charge in [0.1, 0.15) is 0 Å². The van der Waals surface area contributed by atoms with Crippen LogP contribution in [0.5, 0.6) is 0 Å². The van der Waals surface area contributed by atoms with Gasteiger partial charge in [-0.25, -0.2) is 0 Å². The first-order valence-corrected chi connectivity index (χ1v) is 11.0. The van der Waals surface area contributed by atoms with Gasteiger partial charge in [0.2, 0.25) is 5.91 Å². The minimum absolute atomic E-state index is 0.0593. The number of hydrogen-bond donors (Lipinski definition) is 3. The van der Waals surface area contributed by atoms with Gasteiger partial charge in [0.05, 0.1) is 12.0 Å². The number of rotatable bonds is 6. The van der Waals surface area contributed by atoms with Crippen molar-refractivity contribution in [3.05, 3.63) is 46.1 Å². The van der Waals surface area contributed by atoms with E-state index < -0.39 is 17.9 Å². The summed E-state index contributed by atoms with van der Waals surface area (Å²) in [5, 5.41) is 23.6. The van der Waals surface area contributed by atoms with Gasteiger partial charge in [-0.3, -0.25) is 14.9 Å². The van der Waals surface area contributed by atoms with E-state index in [9.17, 15) is 14.7 Å². The van der Waals surface area contributed by atoms with Crippen molar-refractivity contribution in [3.8, 4) is 0 Å². The molecule has 1 amide bonds. The number of aryl methyl sites for hydroxylation is 1. The minimum Gasteiger partial charge on any atom is -0.481 e. The molecule has 0 radical (unpaired) electrons. The van der Waals surface area contributed by atoms with Gasteiger partial charge in [0.15, 0.2) is 6.35 Å². The topological polar surface area (TPSA) is 93.1 Å². The molecule has 2 unspecified atom stereocenters. The zero-order valence-electron chi connectivity index (χ0n) is 18.6. The molecule has 1 saturated heterocycles. The molecular weight excluding hydrogens is 418 g/mol. The lowest BCUT2D eigenvalue weighted by Crippen LogP contribution is -2.59. The zero-order chi connectivity index (χ0) is 23.0. The van der Waals surface area contributed by atoms with Gasteiger partial charge in [-0.1, -0.05) is 44.5 Å². The van der Waals surface area contributed by atoms with Crippen LogP contribution >= 0.6 is 11.6 Å². The number of aliphatic carboxylic acids is 1. The molecule has 170 valence electrons. The van der Waals surface area contributed by atoms with Crippen molar-refractivity contribution in [2.75, 3.05) is 19.6 Å². The second-order valence-electron chi connectivity index (χ2n) is 9.70. The average molecular weight is 450 g/mol. The Balaban J connectivity index is 1.94. The Morgan fingerprint density at radius 1 is 1.32 bits per heavy atom. The van der Waals surface area contributed by atoms with Gasteiger partial charge in [-0.05, 0) is 41.0 Å². The highest BCUT2D eigenvalue weighted by atomic mass is 35.5. The lowest BCUT2D eigenvalue weighted by atomic mass is 9.83. The number of halogens is 1. The molecule has 2 aliphatic rings. The van der Waals surface area contributed by atoms with Crippen LogP contribution in [-0.2, 0) is 21.5 Å². The molecule has 31 heavy (non-hydrogen) atoms. The quantitative estimate of drug-likeness (QED) is 0.618. The summed E-state index contributed by atoms with van der Waals surface area (Å²) in [5.41, 5.74) is 2.29. The largest absolute Gasteiger partial charge is 0.481 e. The first kappa shape index (κ1) is 23.6. The van der Waals surface area contributed by atoms with Crippen molar-refractivity contribution < 1.29 is 19.8 Å². The van der Waals surface area contributed by atoms with Crippen LogP contribution < -0.4 is 5.32 Å².